The molecule has 1 spiro atoms. The van der Waals surface area contributed by atoms with Crippen LogP contribution in [0.2, 0.25) is 5.02 Å². The lowest BCUT2D eigenvalue weighted by Crippen LogP contribution is -2.48. The van der Waals surface area contributed by atoms with Crippen molar-refractivity contribution in [2.24, 2.45) is 0 Å². The summed E-state index contributed by atoms with van der Waals surface area (Å²) < 4.78 is 39.8. The van der Waals surface area contributed by atoms with Gasteiger partial charge in [-0.2, -0.15) is 13.2 Å². The summed E-state index contributed by atoms with van der Waals surface area (Å²) in [6.45, 7) is 2.71. The molecule has 31 heavy (non-hydrogen) atoms. The number of carbonyl (C=O) groups excluding carboxylic acids is 1. The van der Waals surface area contributed by atoms with E-state index < -0.39 is 23.4 Å². The number of carbonyl (C=O) groups is 1. The summed E-state index contributed by atoms with van der Waals surface area (Å²) in [5.41, 5.74) is 4.16. The Kier molecular flexibility index (Phi) is 5.61. The van der Waals surface area contributed by atoms with Crippen molar-refractivity contribution in [1.82, 2.24) is 10.4 Å². The predicted molar refractivity (Wildman–Crippen MR) is 112 cm³/mol. The van der Waals surface area contributed by atoms with Gasteiger partial charge in [0.2, 0.25) is 0 Å². The highest BCUT2D eigenvalue weighted by Crippen LogP contribution is 2.38. The molecule has 2 amide bonds. The van der Waals surface area contributed by atoms with Gasteiger partial charge in [-0.05, 0) is 36.8 Å². The van der Waals surface area contributed by atoms with E-state index >= 15 is 0 Å². The number of aryl methyl sites for hydroxylation is 1. The molecule has 0 saturated carbocycles. The molecule has 0 aromatic heterocycles. The van der Waals surface area contributed by atoms with Crippen LogP contribution in [0.5, 0.6) is 0 Å². The summed E-state index contributed by atoms with van der Waals surface area (Å²) in [5.74, 6) is 0. The number of halogens is 4. The van der Waals surface area contributed by atoms with Gasteiger partial charge in [-0.1, -0.05) is 41.4 Å². The minimum absolute atomic E-state index is 0.0488. The second-order valence-electron chi connectivity index (χ2n) is 7.80. The number of hydrogen-bond donors (Lipinski definition) is 2. The summed E-state index contributed by atoms with van der Waals surface area (Å²) in [5, 5.41) is 2.32. The summed E-state index contributed by atoms with van der Waals surface area (Å²) in [6.07, 6.45) is -1.56. The first kappa shape index (κ1) is 21.5. The van der Waals surface area contributed by atoms with Crippen LogP contribution in [-0.2, 0) is 11.0 Å². The van der Waals surface area contributed by atoms with Crippen LogP contribution in [0.15, 0.2) is 48.5 Å². The third-order valence-electron chi connectivity index (χ3n) is 5.56. The highest BCUT2D eigenvalue weighted by Gasteiger charge is 2.40. The van der Waals surface area contributed by atoms with Crippen molar-refractivity contribution in [1.29, 1.82) is 0 Å². The molecule has 9 heteroatoms. The number of alkyl halides is 3. The summed E-state index contributed by atoms with van der Waals surface area (Å²) in [6, 6.07) is 10.7. The molecule has 2 aromatic carbocycles. The van der Waals surface area contributed by atoms with Crippen LogP contribution in [0.1, 0.15) is 29.5 Å². The van der Waals surface area contributed by atoms with Crippen molar-refractivity contribution in [3.05, 3.63) is 70.3 Å². The standard InChI is InChI=1S/C22H21ClF3N3O2/c1-14-2-4-15(5-3-14)19-13-21(31-28-19)8-10-29(11-9-21)20(30)27-18-7-6-16(23)12-17(18)22(24,25)26/h2-7,12-13,28H,8-11H2,1H3,(H,27,30). The fourth-order valence-corrected chi connectivity index (χ4v) is 3.92. The molecule has 164 valence electrons. The number of urea groups is 1. The zero-order chi connectivity index (χ0) is 22.2. The van der Waals surface area contributed by atoms with Crippen LogP contribution >= 0.6 is 11.6 Å². The van der Waals surface area contributed by atoms with Crippen molar-refractivity contribution in [3.8, 4) is 0 Å². The van der Waals surface area contributed by atoms with Gasteiger partial charge in [0.25, 0.3) is 0 Å². The van der Waals surface area contributed by atoms with E-state index in [1.54, 1.807) is 0 Å². The van der Waals surface area contributed by atoms with E-state index in [0.29, 0.717) is 25.9 Å². The summed E-state index contributed by atoms with van der Waals surface area (Å²) in [4.78, 5) is 19.9. The Hall–Kier alpha value is -2.71. The Morgan fingerprint density at radius 2 is 1.84 bits per heavy atom. The van der Waals surface area contributed by atoms with E-state index in [0.717, 1.165) is 29.0 Å². The topological polar surface area (TPSA) is 53.6 Å². The SMILES string of the molecule is Cc1ccc(C2=CC3(CCN(C(=O)Nc4ccc(Cl)cc4C(F)(F)F)CC3)ON2)cc1. The van der Waals surface area contributed by atoms with Crippen molar-refractivity contribution >= 4 is 29.0 Å². The van der Waals surface area contributed by atoms with E-state index in [4.69, 9.17) is 16.4 Å². The van der Waals surface area contributed by atoms with Crippen molar-refractivity contribution in [2.75, 3.05) is 18.4 Å². The van der Waals surface area contributed by atoms with Crippen molar-refractivity contribution in [2.45, 2.75) is 31.5 Å². The summed E-state index contributed by atoms with van der Waals surface area (Å²) in [7, 11) is 0. The Bertz CT molecular complexity index is 1010. The molecule has 2 aliphatic heterocycles. The number of likely N-dealkylation sites (tertiary alicyclic amines) is 1. The number of rotatable bonds is 2. The minimum atomic E-state index is -4.62. The van der Waals surface area contributed by atoms with Gasteiger partial charge in [0.1, 0.15) is 5.60 Å². The van der Waals surface area contributed by atoms with Gasteiger partial charge in [0, 0.05) is 31.0 Å². The van der Waals surface area contributed by atoms with E-state index in [9.17, 15) is 18.0 Å². The number of nitrogens with zero attached hydrogens (tertiary/aromatic N) is 1. The molecule has 0 bridgehead atoms. The lowest BCUT2D eigenvalue weighted by atomic mass is 9.90. The highest BCUT2D eigenvalue weighted by molar-refractivity contribution is 6.30. The third kappa shape index (κ3) is 4.65. The van der Waals surface area contributed by atoms with Gasteiger partial charge in [-0.3, -0.25) is 10.3 Å². The second-order valence-corrected chi connectivity index (χ2v) is 8.23. The Morgan fingerprint density at radius 3 is 2.48 bits per heavy atom. The van der Waals surface area contributed by atoms with E-state index in [-0.39, 0.29) is 10.7 Å². The number of piperidine rings is 1. The number of amides is 2. The minimum Gasteiger partial charge on any atom is -0.324 e. The maximum absolute atomic E-state index is 13.3. The van der Waals surface area contributed by atoms with Gasteiger partial charge in [-0.15, -0.1) is 0 Å². The lowest BCUT2D eigenvalue weighted by molar-refractivity contribution is -0.136. The predicted octanol–water partition coefficient (Wildman–Crippen LogP) is 5.61. The monoisotopic (exact) mass is 451 g/mol. The zero-order valence-electron chi connectivity index (χ0n) is 16.7. The number of hydrogen-bond acceptors (Lipinski definition) is 3. The molecule has 0 aliphatic carbocycles. The van der Waals surface area contributed by atoms with Gasteiger partial charge in [0.05, 0.1) is 16.9 Å². The molecular weight excluding hydrogens is 431 g/mol. The first-order valence-corrected chi connectivity index (χ1v) is 10.2. The molecule has 0 radical (unpaired) electrons. The fraction of sp³-hybridized carbons (Fsp3) is 0.318. The van der Waals surface area contributed by atoms with Gasteiger partial charge in [-0.25, -0.2) is 4.79 Å². The normalized spacial score (nSPS) is 18.0. The van der Waals surface area contributed by atoms with E-state index in [1.807, 2.05) is 37.3 Å². The van der Waals surface area contributed by atoms with Crippen molar-refractivity contribution < 1.29 is 22.8 Å². The zero-order valence-corrected chi connectivity index (χ0v) is 17.5. The van der Waals surface area contributed by atoms with Crippen LogP contribution in [0.25, 0.3) is 5.70 Å². The fourth-order valence-electron chi connectivity index (χ4n) is 3.74. The molecule has 2 heterocycles. The van der Waals surface area contributed by atoms with Gasteiger partial charge >= 0.3 is 12.2 Å². The molecule has 5 nitrogen and oxygen atoms in total. The molecule has 2 N–H and O–H groups in total. The average molecular weight is 452 g/mol. The highest BCUT2D eigenvalue weighted by atomic mass is 35.5. The quantitative estimate of drug-likeness (QED) is 0.624. The number of hydroxylamine groups is 1. The van der Waals surface area contributed by atoms with Crippen LogP contribution in [-0.4, -0.2) is 29.6 Å². The summed E-state index contributed by atoms with van der Waals surface area (Å²) >= 11 is 5.69. The maximum atomic E-state index is 13.3. The van der Waals surface area contributed by atoms with E-state index in [2.05, 4.69) is 10.8 Å². The maximum Gasteiger partial charge on any atom is 0.418 e. The van der Waals surface area contributed by atoms with Gasteiger partial charge < -0.3 is 10.2 Å². The van der Waals surface area contributed by atoms with Crippen LogP contribution in [0, 0.1) is 6.92 Å². The molecule has 2 aliphatic rings. The molecule has 0 unspecified atom stereocenters. The molecule has 0 atom stereocenters. The molecule has 1 fully saturated rings. The average Bonchev–Trinajstić information content (AvgIpc) is 3.13. The van der Waals surface area contributed by atoms with Gasteiger partial charge in [0.15, 0.2) is 0 Å². The second kappa shape index (κ2) is 8.09. The lowest BCUT2D eigenvalue weighted by Gasteiger charge is -2.36. The first-order valence-electron chi connectivity index (χ1n) is 9.82. The number of anilines is 1. The Labute approximate surface area is 182 Å². The Morgan fingerprint density at radius 1 is 1.16 bits per heavy atom. The number of nitrogens with one attached hydrogen (secondary N) is 2. The first-order chi connectivity index (χ1) is 14.7. The largest absolute Gasteiger partial charge is 0.418 e. The third-order valence-corrected chi connectivity index (χ3v) is 5.79. The molecule has 4 rings (SSSR count). The van der Waals surface area contributed by atoms with E-state index in [1.165, 1.54) is 11.0 Å². The van der Waals surface area contributed by atoms with Crippen LogP contribution < -0.4 is 10.8 Å². The van der Waals surface area contributed by atoms with Crippen molar-refractivity contribution in [3.63, 3.8) is 0 Å². The van der Waals surface area contributed by atoms with Crippen LogP contribution in [0.3, 0.4) is 0 Å². The molecule has 1 saturated heterocycles. The van der Waals surface area contributed by atoms with Crippen LogP contribution in [0.4, 0.5) is 23.7 Å². The number of benzene rings is 2. The smallest absolute Gasteiger partial charge is 0.324 e. The molecule has 2 aromatic rings. The molecular formula is C22H21ClF3N3O2. The Balaban J connectivity index is 1.42.